The molecule has 1 N–H and O–H groups in total. The Kier molecular flexibility index (Phi) is 6.61. The van der Waals surface area contributed by atoms with Crippen LogP contribution in [0.1, 0.15) is 35.2 Å². The van der Waals surface area contributed by atoms with E-state index in [-0.39, 0.29) is 22.6 Å². The zero-order valence-electron chi connectivity index (χ0n) is 20.2. The van der Waals surface area contributed by atoms with Crippen LogP contribution in [0.2, 0.25) is 0 Å². The highest BCUT2D eigenvalue weighted by atomic mass is 19.1. The number of aryl methyl sites for hydroxylation is 2. The van der Waals surface area contributed by atoms with E-state index in [0.717, 1.165) is 23.3 Å². The molecule has 4 rings (SSSR count). The molecule has 1 aliphatic heterocycles. The van der Waals surface area contributed by atoms with Gasteiger partial charge < -0.3 is 14.6 Å². The second kappa shape index (κ2) is 9.65. The number of carbonyl (C=O) groups excluding carboxylic acids is 3. The van der Waals surface area contributed by atoms with Crippen molar-refractivity contribution in [1.29, 1.82) is 0 Å². The minimum absolute atomic E-state index is 0.0725. The molecule has 0 aliphatic carbocycles. The number of ketones is 1. The first-order valence-electron chi connectivity index (χ1n) is 11.1. The van der Waals surface area contributed by atoms with Gasteiger partial charge in [0.2, 0.25) is 0 Å². The van der Waals surface area contributed by atoms with Crippen LogP contribution in [0, 0.1) is 19.7 Å². The molecule has 1 fully saturated rings. The second-order valence-corrected chi connectivity index (χ2v) is 8.45. The summed E-state index contributed by atoms with van der Waals surface area (Å²) in [5, 5.41) is 11.3. The molecule has 3 aromatic carbocycles. The fourth-order valence-corrected chi connectivity index (χ4v) is 4.21. The SMILES string of the molecule is COc1ccc(F)cc1/C(O)=C1\C(=O)C(=O)N(c2ccc(C)c(C)c2)C1c1cccc(OC(C)=O)c1. The molecule has 1 heterocycles. The van der Waals surface area contributed by atoms with Gasteiger partial charge in [0.1, 0.15) is 23.1 Å². The molecule has 1 atom stereocenters. The molecular formula is C28H24FNO6. The third-order valence-corrected chi connectivity index (χ3v) is 6.07. The molecule has 1 unspecified atom stereocenters. The molecule has 1 aliphatic rings. The van der Waals surface area contributed by atoms with Gasteiger partial charge in [-0.2, -0.15) is 0 Å². The normalized spacial score (nSPS) is 16.8. The lowest BCUT2D eigenvalue weighted by atomic mass is 9.94. The van der Waals surface area contributed by atoms with E-state index in [1.165, 1.54) is 31.1 Å². The highest BCUT2D eigenvalue weighted by molar-refractivity contribution is 6.51. The van der Waals surface area contributed by atoms with Crippen molar-refractivity contribution >= 4 is 29.1 Å². The summed E-state index contributed by atoms with van der Waals surface area (Å²) in [6.45, 7) is 5.05. The number of aliphatic hydroxyl groups is 1. The van der Waals surface area contributed by atoms with E-state index < -0.39 is 35.3 Å². The maximum absolute atomic E-state index is 14.1. The van der Waals surface area contributed by atoms with Crippen molar-refractivity contribution < 1.29 is 33.4 Å². The highest BCUT2D eigenvalue weighted by Gasteiger charge is 2.47. The van der Waals surface area contributed by atoms with Crippen molar-refractivity contribution in [3.8, 4) is 11.5 Å². The number of ether oxygens (including phenoxy) is 2. The average molecular weight is 489 g/mol. The van der Waals surface area contributed by atoms with E-state index in [1.54, 1.807) is 30.3 Å². The van der Waals surface area contributed by atoms with Crippen molar-refractivity contribution in [3.05, 3.63) is 94.3 Å². The summed E-state index contributed by atoms with van der Waals surface area (Å²) in [6.07, 6.45) is 0. The number of benzene rings is 3. The van der Waals surface area contributed by atoms with Gasteiger partial charge in [0, 0.05) is 12.6 Å². The third kappa shape index (κ3) is 4.45. The fraction of sp³-hybridized carbons (Fsp3) is 0.179. The lowest BCUT2D eigenvalue weighted by molar-refractivity contribution is -0.132. The predicted octanol–water partition coefficient (Wildman–Crippen LogP) is 5.00. The predicted molar refractivity (Wildman–Crippen MR) is 131 cm³/mol. The summed E-state index contributed by atoms with van der Waals surface area (Å²) in [4.78, 5) is 39.5. The van der Waals surface area contributed by atoms with E-state index in [0.29, 0.717) is 11.3 Å². The van der Waals surface area contributed by atoms with Crippen molar-refractivity contribution in [3.63, 3.8) is 0 Å². The van der Waals surface area contributed by atoms with Gasteiger partial charge in [-0.05, 0) is 73.0 Å². The number of hydrogen-bond acceptors (Lipinski definition) is 6. The second-order valence-electron chi connectivity index (χ2n) is 8.45. The summed E-state index contributed by atoms with van der Waals surface area (Å²) < 4.78 is 24.6. The smallest absolute Gasteiger partial charge is 0.308 e. The molecule has 0 spiro atoms. The van der Waals surface area contributed by atoms with E-state index in [4.69, 9.17) is 9.47 Å². The summed E-state index contributed by atoms with van der Waals surface area (Å²) in [5.74, 6) is -3.27. The molecule has 0 aromatic heterocycles. The monoisotopic (exact) mass is 489 g/mol. The summed E-state index contributed by atoms with van der Waals surface area (Å²) in [7, 11) is 1.34. The van der Waals surface area contributed by atoms with E-state index >= 15 is 0 Å². The highest BCUT2D eigenvalue weighted by Crippen LogP contribution is 2.44. The van der Waals surface area contributed by atoms with Crippen LogP contribution in [-0.2, 0) is 14.4 Å². The molecule has 8 heteroatoms. The van der Waals surface area contributed by atoms with Crippen LogP contribution in [-0.4, -0.2) is 29.9 Å². The Balaban J connectivity index is 1.99. The first kappa shape index (κ1) is 24.7. The summed E-state index contributed by atoms with van der Waals surface area (Å²) in [5.41, 5.74) is 2.41. The fourth-order valence-electron chi connectivity index (χ4n) is 4.21. The number of rotatable bonds is 5. The van der Waals surface area contributed by atoms with Crippen LogP contribution in [0.4, 0.5) is 10.1 Å². The average Bonchev–Trinajstić information content (AvgIpc) is 3.10. The number of Topliss-reactive ketones (excluding diaryl/α,β-unsaturated/α-hetero) is 1. The number of amides is 1. The molecule has 0 saturated carbocycles. The maximum atomic E-state index is 14.1. The number of nitrogens with zero attached hydrogens (tertiary/aromatic N) is 1. The Morgan fingerprint density at radius 1 is 1.00 bits per heavy atom. The number of halogens is 1. The van der Waals surface area contributed by atoms with Gasteiger partial charge in [0.15, 0.2) is 0 Å². The quantitative estimate of drug-likeness (QED) is 0.178. The summed E-state index contributed by atoms with van der Waals surface area (Å²) in [6, 6.07) is 14.1. The first-order chi connectivity index (χ1) is 17.1. The van der Waals surface area contributed by atoms with Crippen molar-refractivity contribution in [2.75, 3.05) is 12.0 Å². The Morgan fingerprint density at radius 2 is 1.75 bits per heavy atom. The zero-order chi connectivity index (χ0) is 26.1. The van der Waals surface area contributed by atoms with Crippen molar-refractivity contribution in [1.82, 2.24) is 0 Å². The van der Waals surface area contributed by atoms with Crippen molar-refractivity contribution in [2.24, 2.45) is 0 Å². The van der Waals surface area contributed by atoms with E-state index in [1.807, 2.05) is 19.9 Å². The van der Waals surface area contributed by atoms with Gasteiger partial charge in [0.25, 0.3) is 11.7 Å². The Bertz CT molecular complexity index is 1430. The Hall–Kier alpha value is -4.46. The Morgan fingerprint density at radius 3 is 2.42 bits per heavy atom. The molecule has 3 aromatic rings. The minimum atomic E-state index is -1.09. The molecule has 1 amide bonds. The number of anilines is 1. The van der Waals surface area contributed by atoms with Crippen LogP contribution in [0.25, 0.3) is 5.76 Å². The lowest BCUT2D eigenvalue weighted by Crippen LogP contribution is -2.29. The van der Waals surface area contributed by atoms with E-state index in [2.05, 4.69) is 0 Å². The maximum Gasteiger partial charge on any atom is 0.308 e. The number of esters is 1. The van der Waals surface area contributed by atoms with Gasteiger partial charge in [-0.3, -0.25) is 19.3 Å². The van der Waals surface area contributed by atoms with Crippen LogP contribution in [0.3, 0.4) is 0 Å². The largest absolute Gasteiger partial charge is 0.507 e. The van der Waals surface area contributed by atoms with Crippen LogP contribution >= 0.6 is 0 Å². The number of aliphatic hydroxyl groups excluding tert-OH is 1. The minimum Gasteiger partial charge on any atom is -0.507 e. The molecule has 0 radical (unpaired) electrons. The van der Waals surface area contributed by atoms with Crippen LogP contribution in [0.5, 0.6) is 11.5 Å². The molecule has 1 saturated heterocycles. The van der Waals surface area contributed by atoms with E-state index in [9.17, 15) is 23.9 Å². The standard InChI is InChI=1S/C28H24FNO6/c1-15-8-10-20(12-16(15)2)30-25(18-6-5-7-21(13-18)36-17(3)31)24(27(33)28(30)34)26(32)22-14-19(29)9-11-23(22)35-4/h5-14,25,32H,1-4H3/b26-24+. The third-order valence-electron chi connectivity index (χ3n) is 6.07. The number of methoxy groups -OCH3 is 1. The molecule has 184 valence electrons. The lowest BCUT2D eigenvalue weighted by Gasteiger charge is -2.26. The molecule has 0 bridgehead atoms. The van der Waals surface area contributed by atoms with Gasteiger partial charge in [-0.1, -0.05) is 18.2 Å². The summed E-state index contributed by atoms with van der Waals surface area (Å²) >= 11 is 0. The number of hydrogen-bond donors (Lipinski definition) is 1. The molecule has 36 heavy (non-hydrogen) atoms. The van der Waals surface area contributed by atoms with Crippen LogP contribution in [0.15, 0.2) is 66.2 Å². The number of carbonyl (C=O) groups is 3. The van der Waals surface area contributed by atoms with Crippen molar-refractivity contribution in [2.45, 2.75) is 26.8 Å². The van der Waals surface area contributed by atoms with Gasteiger partial charge in [-0.25, -0.2) is 4.39 Å². The molecular weight excluding hydrogens is 465 g/mol. The van der Waals surface area contributed by atoms with Gasteiger partial charge in [0.05, 0.1) is 24.3 Å². The topological polar surface area (TPSA) is 93.1 Å². The van der Waals surface area contributed by atoms with Crippen LogP contribution < -0.4 is 14.4 Å². The molecule has 7 nitrogen and oxygen atoms in total. The first-order valence-corrected chi connectivity index (χ1v) is 11.1. The zero-order valence-corrected chi connectivity index (χ0v) is 20.2. The van der Waals surface area contributed by atoms with Gasteiger partial charge >= 0.3 is 5.97 Å². The van der Waals surface area contributed by atoms with Gasteiger partial charge in [-0.15, -0.1) is 0 Å². The Labute approximate surface area is 207 Å².